The van der Waals surface area contributed by atoms with Gasteiger partial charge in [-0.2, -0.15) is 5.21 Å². The first kappa shape index (κ1) is 28.0. The molecule has 0 radical (unpaired) electrons. The molecule has 7 nitrogen and oxygen atoms in total. The van der Waals surface area contributed by atoms with Crippen molar-refractivity contribution in [1.29, 1.82) is 0 Å². The van der Waals surface area contributed by atoms with E-state index >= 15 is 0 Å². The molecule has 0 aliphatic carbocycles. The number of tetrazole rings is 1. The number of nitrogens with zero attached hydrogens (tertiary/aromatic N) is 4. The van der Waals surface area contributed by atoms with Gasteiger partial charge in [-0.1, -0.05) is 96.1 Å². The van der Waals surface area contributed by atoms with Crippen LogP contribution in [0.3, 0.4) is 0 Å². The van der Waals surface area contributed by atoms with Crippen molar-refractivity contribution >= 4 is 17.3 Å². The Morgan fingerprint density at radius 2 is 1.54 bits per heavy atom. The van der Waals surface area contributed by atoms with Crippen molar-refractivity contribution in [2.45, 2.75) is 53.9 Å². The second-order valence-corrected chi connectivity index (χ2v) is 11.3. The van der Waals surface area contributed by atoms with E-state index in [9.17, 15) is 4.79 Å². The Balaban J connectivity index is 1.71. The summed E-state index contributed by atoms with van der Waals surface area (Å²) in [7, 11) is 0. The molecule has 0 bridgehead atoms. The van der Waals surface area contributed by atoms with Crippen LogP contribution in [0, 0.1) is 11.8 Å². The number of H-pyrrole nitrogens is 1. The number of hydrogen-bond donors (Lipinski definition) is 2. The summed E-state index contributed by atoms with van der Waals surface area (Å²) in [5.74, 6) is 1.91. The first-order chi connectivity index (χ1) is 18.7. The molecular weight excluding hydrogens is 484 g/mol. The Bertz CT molecular complexity index is 1350. The number of benzene rings is 3. The highest BCUT2D eigenvalue weighted by molar-refractivity contribution is 5.97. The van der Waals surface area contributed by atoms with Gasteiger partial charge in [0.05, 0.1) is 17.8 Å². The molecule has 0 saturated heterocycles. The number of hydrogen-bond acceptors (Lipinski definition) is 5. The summed E-state index contributed by atoms with van der Waals surface area (Å²) < 4.78 is 0. The Labute approximate surface area is 232 Å². The van der Waals surface area contributed by atoms with Gasteiger partial charge in [0, 0.05) is 18.7 Å². The van der Waals surface area contributed by atoms with E-state index in [1.807, 2.05) is 24.3 Å². The van der Waals surface area contributed by atoms with E-state index in [0.717, 1.165) is 46.7 Å². The van der Waals surface area contributed by atoms with Crippen molar-refractivity contribution in [2.75, 3.05) is 23.3 Å². The van der Waals surface area contributed by atoms with Gasteiger partial charge in [0.1, 0.15) is 0 Å². The molecule has 0 aliphatic heterocycles. The molecule has 204 valence electrons. The maximum absolute atomic E-state index is 13.4. The highest BCUT2D eigenvalue weighted by Gasteiger charge is 2.19. The molecule has 0 unspecified atom stereocenters. The third kappa shape index (κ3) is 7.31. The average Bonchev–Trinajstić information content (AvgIpc) is 3.43. The quantitative estimate of drug-likeness (QED) is 0.222. The summed E-state index contributed by atoms with van der Waals surface area (Å²) in [4.78, 5) is 15.7. The number of carbonyl (C=O) groups is 1. The van der Waals surface area contributed by atoms with Crippen molar-refractivity contribution < 1.29 is 4.79 Å². The molecule has 39 heavy (non-hydrogen) atoms. The third-order valence-corrected chi connectivity index (χ3v) is 6.62. The van der Waals surface area contributed by atoms with E-state index in [0.29, 0.717) is 30.0 Å². The van der Waals surface area contributed by atoms with Crippen LogP contribution in [0.25, 0.3) is 22.5 Å². The van der Waals surface area contributed by atoms with E-state index in [1.165, 1.54) is 5.56 Å². The molecule has 0 saturated carbocycles. The second kappa shape index (κ2) is 12.7. The number of amides is 1. The number of anilines is 2. The lowest BCUT2D eigenvalue weighted by molar-refractivity contribution is -0.115. The molecule has 0 spiro atoms. The molecule has 1 amide bonds. The fourth-order valence-electron chi connectivity index (χ4n) is 4.84. The van der Waals surface area contributed by atoms with Gasteiger partial charge in [-0.25, -0.2) is 0 Å². The van der Waals surface area contributed by atoms with Gasteiger partial charge in [0.15, 0.2) is 0 Å². The van der Waals surface area contributed by atoms with Crippen molar-refractivity contribution in [3.8, 4) is 22.5 Å². The molecule has 2 N–H and O–H groups in total. The minimum absolute atomic E-state index is 0.0359. The molecule has 1 aromatic heterocycles. The zero-order chi connectivity index (χ0) is 27.9. The van der Waals surface area contributed by atoms with Crippen LogP contribution in [-0.4, -0.2) is 39.6 Å². The van der Waals surface area contributed by atoms with Gasteiger partial charge in [0.25, 0.3) is 0 Å². The van der Waals surface area contributed by atoms with Crippen LogP contribution in [0.1, 0.15) is 58.6 Å². The first-order valence-electron chi connectivity index (χ1n) is 13.8. The molecule has 4 aromatic rings. The lowest BCUT2D eigenvalue weighted by Crippen LogP contribution is -2.32. The monoisotopic (exact) mass is 524 g/mol. The zero-order valence-corrected chi connectivity index (χ0v) is 23.9. The molecule has 7 heteroatoms. The van der Waals surface area contributed by atoms with Gasteiger partial charge in [-0.3, -0.25) is 4.79 Å². The third-order valence-electron chi connectivity index (χ3n) is 6.62. The lowest BCUT2D eigenvalue weighted by atomic mass is 9.97. The maximum Gasteiger partial charge on any atom is 0.228 e. The molecule has 0 aliphatic rings. The Morgan fingerprint density at radius 3 is 2.13 bits per heavy atom. The van der Waals surface area contributed by atoms with Crippen molar-refractivity contribution in [2.24, 2.45) is 11.8 Å². The first-order valence-corrected chi connectivity index (χ1v) is 13.8. The zero-order valence-electron chi connectivity index (χ0n) is 23.9. The topological polar surface area (TPSA) is 86.8 Å². The molecular formula is C32H40N6O. The standard InChI is InChI=1S/C32H40N6O/c1-21(2)19-38(20-22(3)4)30-16-15-26(27-9-7-8-10-28(27)32-34-36-37-35-32)18-29(30)33-31(39)17-24-11-13-25(14-12-24)23(5)6/h7-16,18,21-23H,17,19-20H2,1-6H3,(H,33,39)(H,34,35,36,37). The number of aromatic nitrogens is 4. The Hall–Kier alpha value is -4.00. The second-order valence-electron chi connectivity index (χ2n) is 11.3. The van der Waals surface area contributed by atoms with E-state index < -0.39 is 0 Å². The highest BCUT2D eigenvalue weighted by Crippen LogP contribution is 2.36. The number of nitrogens with one attached hydrogen (secondary N) is 2. The van der Waals surface area contributed by atoms with Gasteiger partial charge in [-0.15, -0.1) is 10.2 Å². The molecule has 0 atom stereocenters. The fourth-order valence-corrected chi connectivity index (χ4v) is 4.84. The average molecular weight is 525 g/mol. The number of rotatable bonds is 11. The van der Waals surface area contributed by atoms with Gasteiger partial charge in [0.2, 0.25) is 11.7 Å². The van der Waals surface area contributed by atoms with Gasteiger partial charge in [-0.05, 0) is 57.4 Å². The molecule has 3 aromatic carbocycles. The summed E-state index contributed by atoms with van der Waals surface area (Å²) >= 11 is 0. The van der Waals surface area contributed by atoms with E-state index in [1.54, 1.807) is 0 Å². The van der Waals surface area contributed by atoms with Gasteiger partial charge >= 0.3 is 0 Å². The SMILES string of the molecule is CC(C)CN(CC(C)C)c1ccc(-c2ccccc2-c2nn[nH]n2)cc1NC(=O)Cc1ccc(C(C)C)cc1. The van der Waals surface area contributed by atoms with E-state index in [-0.39, 0.29) is 5.91 Å². The molecule has 0 fully saturated rings. The van der Waals surface area contributed by atoms with Crippen LogP contribution < -0.4 is 10.2 Å². The summed E-state index contributed by atoms with van der Waals surface area (Å²) in [6, 6.07) is 22.6. The fraction of sp³-hybridized carbons (Fsp3) is 0.375. The summed E-state index contributed by atoms with van der Waals surface area (Å²) in [6.07, 6.45) is 0.315. The van der Waals surface area contributed by atoms with Crippen molar-refractivity contribution in [3.63, 3.8) is 0 Å². The predicted molar refractivity (Wildman–Crippen MR) is 160 cm³/mol. The van der Waals surface area contributed by atoms with Crippen LogP contribution >= 0.6 is 0 Å². The maximum atomic E-state index is 13.4. The summed E-state index contributed by atoms with van der Waals surface area (Å²) in [5.41, 5.74) is 6.94. The van der Waals surface area contributed by atoms with Crippen LogP contribution in [-0.2, 0) is 11.2 Å². The highest BCUT2D eigenvalue weighted by atomic mass is 16.1. The normalized spacial score (nSPS) is 11.4. The minimum atomic E-state index is -0.0359. The van der Waals surface area contributed by atoms with Crippen molar-refractivity contribution in [1.82, 2.24) is 20.6 Å². The van der Waals surface area contributed by atoms with Crippen LogP contribution in [0.4, 0.5) is 11.4 Å². The number of aromatic amines is 1. The Kier molecular flexibility index (Phi) is 9.12. The van der Waals surface area contributed by atoms with Crippen molar-refractivity contribution in [3.05, 3.63) is 77.9 Å². The molecule has 4 rings (SSSR count). The van der Waals surface area contributed by atoms with E-state index in [4.69, 9.17) is 0 Å². The predicted octanol–water partition coefficient (Wildman–Crippen LogP) is 6.96. The van der Waals surface area contributed by atoms with Crippen LogP contribution in [0.5, 0.6) is 0 Å². The van der Waals surface area contributed by atoms with Crippen LogP contribution in [0.2, 0.25) is 0 Å². The minimum Gasteiger partial charge on any atom is -0.369 e. The van der Waals surface area contributed by atoms with Crippen LogP contribution in [0.15, 0.2) is 66.7 Å². The summed E-state index contributed by atoms with van der Waals surface area (Å²) in [5, 5.41) is 17.9. The largest absolute Gasteiger partial charge is 0.369 e. The van der Waals surface area contributed by atoms with E-state index in [2.05, 4.69) is 115 Å². The number of carbonyl (C=O) groups excluding carboxylic acids is 1. The lowest BCUT2D eigenvalue weighted by Gasteiger charge is -2.31. The smallest absolute Gasteiger partial charge is 0.228 e. The Morgan fingerprint density at radius 1 is 0.872 bits per heavy atom. The summed E-state index contributed by atoms with van der Waals surface area (Å²) in [6.45, 7) is 15.0. The van der Waals surface area contributed by atoms with Gasteiger partial charge < -0.3 is 10.2 Å². The molecule has 1 heterocycles.